The molecule has 3 aliphatic carbocycles. The lowest BCUT2D eigenvalue weighted by Gasteiger charge is -2.50. The molecular weight excluding hydrogens is 442 g/mol. The largest absolute Gasteiger partial charge is 0.511 e. The van der Waals surface area contributed by atoms with Gasteiger partial charge in [-0.3, -0.25) is 14.4 Å². The smallest absolute Gasteiger partial charge is 0.255 e. The molecule has 1 amide bonds. The van der Waals surface area contributed by atoms with Crippen molar-refractivity contribution in [3.8, 4) is 5.75 Å². The second kappa shape index (κ2) is 6.93. The third-order valence-corrected chi connectivity index (χ3v) is 8.18. The van der Waals surface area contributed by atoms with Gasteiger partial charge in [0.15, 0.2) is 11.4 Å². The molecule has 0 spiro atoms. The number of ether oxygens (including phenoxy) is 1. The second-order valence-corrected chi connectivity index (χ2v) is 10.4. The number of ketones is 2. The fourth-order valence-electron chi connectivity index (χ4n) is 6.21. The molecule has 180 valence electrons. The zero-order valence-corrected chi connectivity index (χ0v) is 19.1. The number of hydrogen-bond donors (Lipinski definition) is 5. The fourth-order valence-corrected chi connectivity index (χ4v) is 6.21. The Bertz CT molecular complexity index is 1240. The van der Waals surface area contributed by atoms with Crippen LogP contribution in [0.5, 0.6) is 5.75 Å². The number of rotatable bonds is 1. The van der Waals surface area contributed by atoms with Crippen molar-refractivity contribution < 1.29 is 39.5 Å². The van der Waals surface area contributed by atoms with E-state index in [-0.39, 0.29) is 16.6 Å². The van der Waals surface area contributed by atoms with Gasteiger partial charge in [0, 0.05) is 29.4 Å². The Labute approximate surface area is 195 Å². The second-order valence-electron chi connectivity index (χ2n) is 10.4. The maximum Gasteiger partial charge on any atom is 0.255 e. The molecule has 0 saturated carbocycles. The number of Topliss-reactive ketones (excluding diaryl/α,β-unsaturated/α-hetero) is 2. The molecule has 1 heterocycles. The summed E-state index contributed by atoms with van der Waals surface area (Å²) in [7, 11) is 0. The monoisotopic (exact) mass is 469 g/mol. The molecule has 34 heavy (non-hydrogen) atoms. The quantitative estimate of drug-likeness (QED) is 0.385. The molecule has 0 radical (unpaired) electrons. The van der Waals surface area contributed by atoms with Crippen molar-refractivity contribution in [2.24, 2.45) is 17.6 Å². The SMILES string of the molecule is C[C@H]1c2ccc3c(c2C(=O)C2=C(O)[C@]4(O)C(=O)C(C(N)=O)=C(O)C[C@@H]4[C@@H](O)[C@@H]21)OCCC3(C)C. The number of benzene rings is 1. The molecule has 9 nitrogen and oxygen atoms in total. The number of allylic oxidation sites excluding steroid dienone is 1. The highest BCUT2D eigenvalue weighted by Crippen LogP contribution is 2.56. The number of aliphatic hydroxyl groups is 4. The van der Waals surface area contributed by atoms with Crippen LogP contribution in [-0.2, 0) is 15.0 Å². The molecule has 0 bridgehead atoms. The Hall–Kier alpha value is -3.17. The predicted molar refractivity (Wildman–Crippen MR) is 118 cm³/mol. The number of nitrogens with two attached hydrogens (primary N) is 1. The summed E-state index contributed by atoms with van der Waals surface area (Å²) in [5.41, 5.74) is 2.76. The van der Waals surface area contributed by atoms with Crippen LogP contribution >= 0.6 is 0 Å². The summed E-state index contributed by atoms with van der Waals surface area (Å²) in [4.78, 5) is 38.8. The number of fused-ring (bicyclic) bond motifs is 5. The molecule has 5 rings (SSSR count). The highest BCUT2D eigenvalue weighted by molar-refractivity contribution is 6.24. The van der Waals surface area contributed by atoms with Crippen molar-refractivity contribution in [2.75, 3.05) is 6.61 Å². The third-order valence-electron chi connectivity index (χ3n) is 8.18. The zero-order chi connectivity index (χ0) is 24.9. The maximum absolute atomic E-state index is 13.9. The van der Waals surface area contributed by atoms with E-state index in [1.165, 1.54) is 0 Å². The Morgan fingerprint density at radius 1 is 1.21 bits per heavy atom. The summed E-state index contributed by atoms with van der Waals surface area (Å²) in [6, 6.07) is 3.73. The lowest BCUT2D eigenvalue weighted by molar-refractivity contribution is -0.154. The number of carbonyl (C=O) groups is 3. The summed E-state index contributed by atoms with van der Waals surface area (Å²) < 4.78 is 5.91. The standard InChI is InChI=1S/C25H27NO8/c1-9-10-4-5-11-20(34-7-6-24(11,2)3)15(10)19(29)17-14(9)18(28)12-8-13(27)16(23(26)32)21(30)25(12,33)22(17)31/h4-5,9,12,14,18,27-28,31,33H,6-8H2,1-3H3,(H2,26,32)/t9-,12+,14+,18+,25+/m0/s1. The van der Waals surface area contributed by atoms with E-state index in [1.54, 1.807) is 6.92 Å². The Morgan fingerprint density at radius 3 is 2.53 bits per heavy atom. The summed E-state index contributed by atoms with van der Waals surface area (Å²) in [6.07, 6.45) is -1.19. The van der Waals surface area contributed by atoms with Gasteiger partial charge in [-0.15, -0.1) is 0 Å². The lowest BCUT2D eigenvalue weighted by atomic mass is 9.56. The van der Waals surface area contributed by atoms with E-state index >= 15 is 0 Å². The third kappa shape index (κ3) is 2.59. The summed E-state index contributed by atoms with van der Waals surface area (Å²) >= 11 is 0. The lowest BCUT2D eigenvalue weighted by Crippen LogP contribution is -2.62. The number of primary amides is 1. The molecule has 0 unspecified atom stereocenters. The molecule has 4 aliphatic rings. The van der Waals surface area contributed by atoms with Gasteiger partial charge in [-0.2, -0.15) is 0 Å². The highest BCUT2D eigenvalue weighted by Gasteiger charge is 2.64. The molecule has 0 aromatic heterocycles. The number of aliphatic hydroxyl groups excluding tert-OH is 3. The Morgan fingerprint density at radius 2 is 1.88 bits per heavy atom. The van der Waals surface area contributed by atoms with E-state index in [9.17, 15) is 34.8 Å². The first-order chi connectivity index (χ1) is 15.8. The molecule has 0 saturated heterocycles. The minimum Gasteiger partial charge on any atom is -0.511 e. The van der Waals surface area contributed by atoms with Crippen molar-refractivity contribution in [1.82, 2.24) is 0 Å². The van der Waals surface area contributed by atoms with Crippen LogP contribution in [0.3, 0.4) is 0 Å². The first-order valence-electron chi connectivity index (χ1n) is 11.3. The van der Waals surface area contributed by atoms with Gasteiger partial charge >= 0.3 is 0 Å². The van der Waals surface area contributed by atoms with Crippen molar-refractivity contribution in [3.63, 3.8) is 0 Å². The predicted octanol–water partition coefficient (Wildman–Crippen LogP) is 1.47. The van der Waals surface area contributed by atoms with Crippen LogP contribution < -0.4 is 10.5 Å². The van der Waals surface area contributed by atoms with Crippen LogP contribution in [0, 0.1) is 11.8 Å². The Kier molecular flexibility index (Phi) is 4.61. The van der Waals surface area contributed by atoms with Crippen molar-refractivity contribution >= 4 is 17.5 Å². The van der Waals surface area contributed by atoms with Gasteiger partial charge in [0.05, 0.1) is 18.3 Å². The van der Waals surface area contributed by atoms with Crippen LogP contribution in [0.15, 0.2) is 34.8 Å². The van der Waals surface area contributed by atoms with E-state index in [1.807, 2.05) is 26.0 Å². The van der Waals surface area contributed by atoms with E-state index in [0.29, 0.717) is 17.9 Å². The molecule has 1 aromatic rings. The summed E-state index contributed by atoms with van der Waals surface area (Å²) in [5, 5.41) is 44.2. The van der Waals surface area contributed by atoms with E-state index in [4.69, 9.17) is 10.5 Å². The van der Waals surface area contributed by atoms with Crippen LogP contribution in [0.25, 0.3) is 0 Å². The van der Waals surface area contributed by atoms with E-state index in [2.05, 4.69) is 0 Å². The van der Waals surface area contributed by atoms with Crippen LogP contribution in [-0.4, -0.2) is 56.2 Å². The van der Waals surface area contributed by atoms with Crippen molar-refractivity contribution in [3.05, 3.63) is 51.5 Å². The van der Waals surface area contributed by atoms with E-state index in [0.717, 1.165) is 12.0 Å². The normalized spacial score (nSPS) is 34.0. The molecule has 5 atom stereocenters. The molecule has 1 aromatic carbocycles. The van der Waals surface area contributed by atoms with Gasteiger partial charge in [0.2, 0.25) is 5.78 Å². The van der Waals surface area contributed by atoms with Crippen LogP contribution in [0.2, 0.25) is 0 Å². The molecular formula is C25H27NO8. The number of carbonyl (C=O) groups excluding carboxylic acids is 3. The summed E-state index contributed by atoms with van der Waals surface area (Å²) in [6.45, 7) is 6.26. The first-order valence-corrected chi connectivity index (χ1v) is 11.3. The first kappa shape index (κ1) is 22.6. The summed E-state index contributed by atoms with van der Waals surface area (Å²) in [5.74, 6) is -7.25. The van der Waals surface area contributed by atoms with E-state index < -0.39 is 70.4 Å². The Balaban J connectivity index is 1.76. The molecule has 1 aliphatic heterocycles. The van der Waals surface area contributed by atoms with Gasteiger partial charge in [0.1, 0.15) is 22.8 Å². The average molecular weight is 469 g/mol. The van der Waals surface area contributed by atoms with Crippen molar-refractivity contribution in [1.29, 1.82) is 0 Å². The number of amides is 1. The number of hydrogen-bond acceptors (Lipinski definition) is 8. The van der Waals surface area contributed by atoms with Gasteiger partial charge in [-0.05, 0) is 23.3 Å². The van der Waals surface area contributed by atoms with Gasteiger partial charge in [0.25, 0.3) is 5.91 Å². The molecule has 9 heteroatoms. The van der Waals surface area contributed by atoms with Crippen LogP contribution in [0.1, 0.15) is 61.0 Å². The highest BCUT2D eigenvalue weighted by atomic mass is 16.5. The minimum absolute atomic E-state index is 0.238. The topological polar surface area (TPSA) is 167 Å². The van der Waals surface area contributed by atoms with Crippen molar-refractivity contribution in [2.45, 2.75) is 56.7 Å². The molecule has 6 N–H and O–H groups in total. The minimum atomic E-state index is -2.77. The zero-order valence-electron chi connectivity index (χ0n) is 19.1. The fraction of sp³-hybridized carbons (Fsp3) is 0.480. The van der Waals surface area contributed by atoms with Crippen LogP contribution in [0.4, 0.5) is 0 Å². The molecule has 0 fully saturated rings. The van der Waals surface area contributed by atoms with Gasteiger partial charge in [-0.25, -0.2) is 0 Å². The van der Waals surface area contributed by atoms with Gasteiger partial charge in [-0.1, -0.05) is 32.9 Å². The maximum atomic E-state index is 13.9. The average Bonchev–Trinajstić information content (AvgIpc) is 2.75. The van der Waals surface area contributed by atoms with Gasteiger partial charge < -0.3 is 30.9 Å².